The lowest BCUT2D eigenvalue weighted by molar-refractivity contribution is -0.147. The number of aromatic amines is 1. The van der Waals surface area contributed by atoms with Crippen LogP contribution in [0.4, 0.5) is 0 Å². The maximum absolute atomic E-state index is 12.0. The van der Waals surface area contributed by atoms with Crippen LogP contribution in [0.5, 0.6) is 0 Å². The van der Waals surface area contributed by atoms with Gasteiger partial charge in [0.05, 0.1) is 13.2 Å². The van der Waals surface area contributed by atoms with Crippen LogP contribution in [0, 0.1) is 0 Å². The summed E-state index contributed by atoms with van der Waals surface area (Å²) in [5.74, 6) is -1.35. The smallest absolute Gasteiger partial charge is 0.328 e. The summed E-state index contributed by atoms with van der Waals surface area (Å²) in [4.78, 5) is 27.0. The molecule has 6 nitrogen and oxygen atoms in total. The number of carbonyl (C=O) groups is 2. The molecule has 1 amide bonds. The molecule has 1 atom stereocenters. The van der Waals surface area contributed by atoms with E-state index in [0.29, 0.717) is 18.8 Å². The number of hydrogen-bond donors (Lipinski definition) is 2. The zero-order chi connectivity index (χ0) is 11.5. The maximum atomic E-state index is 12.0. The molecule has 16 heavy (non-hydrogen) atoms. The van der Waals surface area contributed by atoms with E-state index in [-0.39, 0.29) is 12.5 Å². The van der Waals surface area contributed by atoms with Gasteiger partial charge < -0.3 is 19.7 Å². The Kier molecular flexibility index (Phi) is 2.91. The van der Waals surface area contributed by atoms with Crippen LogP contribution in [-0.2, 0) is 9.53 Å². The summed E-state index contributed by atoms with van der Waals surface area (Å²) < 4.78 is 5.06. The van der Waals surface area contributed by atoms with Gasteiger partial charge in [-0.25, -0.2) is 4.79 Å². The summed E-state index contributed by atoms with van der Waals surface area (Å²) >= 11 is 0. The molecule has 0 aromatic carbocycles. The molecule has 0 radical (unpaired) electrons. The highest BCUT2D eigenvalue weighted by Gasteiger charge is 2.33. The van der Waals surface area contributed by atoms with Crippen LogP contribution in [0.2, 0.25) is 0 Å². The lowest BCUT2D eigenvalue weighted by Crippen LogP contribution is -2.52. The first-order valence-corrected chi connectivity index (χ1v) is 4.95. The second kappa shape index (κ2) is 4.36. The zero-order valence-electron chi connectivity index (χ0n) is 8.55. The molecule has 0 bridgehead atoms. The Balaban J connectivity index is 2.17. The van der Waals surface area contributed by atoms with Crippen molar-refractivity contribution in [3.8, 4) is 0 Å². The number of carbonyl (C=O) groups excluding carboxylic acids is 1. The third kappa shape index (κ3) is 1.92. The Labute approximate surface area is 91.8 Å². The molecule has 2 N–H and O–H groups in total. The summed E-state index contributed by atoms with van der Waals surface area (Å²) in [7, 11) is 0. The van der Waals surface area contributed by atoms with Gasteiger partial charge in [0.15, 0.2) is 6.04 Å². The number of carboxylic acids is 1. The quantitative estimate of drug-likeness (QED) is 0.737. The van der Waals surface area contributed by atoms with Crippen molar-refractivity contribution >= 4 is 11.9 Å². The van der Waals surface area contributed by atoms with Gasteiger partial charge in [-0.2, -0.15) is 0 Å². The van der Waals surface area contributed by atoms with E-state index >= 15 is 0 Å². The van der Waals surface area contributed by atoms with Crippen molar-refractivity contribution in [2.24, 2.45) is 0 Å². The predicted octanol–water partition coefficient (Wildman–Crippen LogP) is -0.0597. The number of morpholine rings is 1. The highest BCUT2D eigenvalue weighted by molar-refractivity contribution is 5.95. The average Bonchev–Trinajstić information content (AvgIpc) is 2.81. The summed E-state index contributed by atoms with van der Waals surface area (Å²) in [5, 5.41) is 8.97. The van der Waals surface area contributed by atoms with Gasteiger partial charge in [-0.3, -0.25) is 4.79 Å². The number of nitrogens with one attached hydrogen (secondary N) is 1. The van der Waals surface area contributed by atoms with Gasteiger partial charge in [0, 0.05) is 12.7 Å². The Morgan fingerprint density at radius 3 is 3.00 bits per heavy atom. The van der Waals surface area contributed by atoms with Crippen LogP contribution in [0.15, 0.2) is 18.3 Å². The fraction of sp³-hybridized carbons (Fsp3) is 0.400. The topological polar surface area (TPSA) is 82.6 Å². The molecule has 1 unspecified atom stereocenters. The number of ether oxygens (including phenoxy) is 1. The molecule has 6 heteroatoms. The van der Waals surface area contributed by atoms with Crippen LogP contribution in [0.25, 0.3) is 0 Å². The third-order valence-electron chi connectivity index (χ3n) is 2.50. The zero-order valence-corrected chi connectivity index (χ0v) is 8.55. The van der Waals surface area contributed by atoms with Crippen LogP contribution in [0.1, 0.15) is 10.5 Å². The average molecular weight is 224 g/mol. The number of hydrogen-bond acceptors (Lipinski definition) is 3. The number of H-pyrrole nitrogens is 1. The summed E-state index contributed by atoms with van der Waals surface area (Å²) in [6, 6.07) is 2.42. The lowest BCUT2D eigenvalue weighted by atomic mass is 10.2. The van der Waals surface area contributed by atoms with Crippen molar-refractivity contribution in [3.63, 3.8) is 0 Å². The van der Waals surface area contributed by atoms with Crippen molar-refractivity contribution in [1.82, 2.24) is 9.88 Å². The molecule has 0 saturated carbocycles. The first-order valence-electron chi connectivity index (χ1n) is 4.95. The molecule has 0 aliphatic carbocycles. The van der Waals surface area contributed by atoms with Crippen molar-refractivity contribution in [2.45, 2.75) is 6.04 Å². The lowest BCUT2D eigenvalue weighted by Gasteiger charge is -2.32. The molecule has 86 valence electrons. The Morgan fingerprint density at radius 2 is 2.38 bits per heavy atom. The van der Waals surface area contributed by atoms with Gasteiger partial charge in [-0.15, -0.1) is 0 Å². The molecular formula is C10H12N2O4. The summed E-state index contributed by atoms with van der Waals surface area (Å²) in [6.07, 6.45) is 1.63. The highest BCUT2D eigenvalue weighted by atomic mass is 16.5. The maximum Gasteiger partial charge on any atom is 0.328 e. The number of aliphatic carboxylic acids is 1. The molecule has 1 aliphatic rings. The van der Waals surface area contributed by atoms with Gasteiger partial charge in [0.25, 0.3) is 5.91 Å². The molecule has 1 saturated heterocycles. The van der Waals surface area contributed by atoms with Gasteiger partial charge in [0.2, 0.25) is 0 Å². The van der Waals surface area contributed by atoms with Gasteiger partial charge in [-0.05, 0) is 12.1 Å². The Bertz CT molecular complexity index is 388. The van der Waals surface area contributed by atoms with Gasteiger partial charge in [0.1, 0.15) is 5.69 Å². The third-order valence-corrected chi connectivity index (χ3v) is 2.50. The second-order valence-electron chi connectivity index (χ2n) is 3.51. The fourth-order valence-electron chi connectivity index (χ4n) is 1.67. The number of carboxylic acid groups (broad SMARTS) is 1. The molecule has 1 fully saturated rings. The number of nitrogens with zero attached hydrogens (tertiary/aromatic N) is 1. The molecule has 1 aliphatic heterocycles. The number of aromatic nitrogens is 1. The minimum absolute atomic E-state index is 0.0434. The molecule has 0 spiro atoms. The van der Waals surface area contributed by atoms with E-state index in [9.17, 15) is 9.59 Å². The Morgan fingerprint density at radius 1 is 1.56 bits per heavy atom. The molecule has 1 aromatic rings. The van der Waals surface area contributed by atoms with E-state index in [0.717, 1.165) is 0 Å². The van der Waals surface area contributed by atoms with E-state index < -0.39 is 12.0 Å². The predicted molar refractivity (Wildman–Crippen MR) is 54.1 cm³/mol. The first-order chi connectivity index (χ1) is 7.70. The highest BCUT2D eigenvalue weighted by Crippen LogP contribution is 2.11. The van der Waals surface area contributed by atoms with Crippen molar-refractivity contribution < 1.29 is 19.4 Å². The van der Waals surface area contributed by atoms with E-state index in [1.165, 1.54) is 4.90 Å². The van der Waals surface area contributed by atoms with Crippen LogP contribution in [0.3, 0.4) is 0 Å². The number of amides is 1. The van der Waals surface area contributed by atoms with Crippen LogP contribution >= 0.6 is 0 Å². The van der Waals surface area contributed by atoms with E-state index in [2.05, 4.69) is 4.98 Å². The molecule has 1 aromatic heterocycles. The van der Waals surface area contributed by atoms with Crippen LogP contribution < -0.4 is 0 Å². The Hall–Kier alpha value is -1.82. The monoisotopic (exact) mass is 224 g/mol. The standard InChI is InChI=1S/C10H12N2O4/c13-9(7-2-1-3-11-7)12-4-5-16-6-8(12)10(14)15/h1-3,8,11H,4-6H2,(H,14,15). The van der Waals surface area contributed by atoms with Crippen molar-refractivity contribution in [2.75, 3.05) is 19.8 Å². The fourth-order valence-corrected chi connectivity index (χ4v) is 1.67. The summed E-state index contributed by atoms with van der Waals surface area (Å²) in [5.41, 5.74) is 0.396. The first kappa shape index (κ1) is 10.7. The van der Waals surface area contributed by atoms with E-state index in [4.69, 9.17) is 9.84 Å². The van der Waals surface area contributed by atoms with Gasteiger partial charge in [-0.1, -0.05) is 0 Å². The molecule has 2 rings (SSSR count). The molecular weight excluding hydrogens is 212 g/mol. The van der Waals surface area contributed by atoms with Gasteiger partial charge >= 0.3 is 5.97 Å². The van der Waals surface area contributed by atoms with Crippen molar-refractivity contribution in [3.05, 3.63) is 24.0 Å². The number of rotatable bonds is 2. The molecule has 2 heterocycles. The second-order valence-corrected chi connectivity index (χ2v) is 3.51. The minimum atomic E-state index is -1.04. The summed E-state index contributed by atoms with van der Waals surface area (Å²) in [6.45, 7) is 0.715. The normalized spacial score (nSPS) is 20.8. The van der Waals surface area contributed by atoms with Crippen molar-refractivity contribution in [1.29, 1.82) is 0 Å². The minimum Gasteiger partial charge on any atom is -0.480 e. The largest absolute Gasteiger partial charge is 0.480 e. The van der Waals surface area contributed by atoms with Crippen LogP contribution in [-0.4, -0.2) is 52.7 Å². The SMILES string of the molecule is O=C(O)C1COCCN1C(=O)c1ccc[nH]1. The van der Waals surface area contributed by atoms with E-state index in [1.54, 1.807) is 18.3 Å². The van der Waals surface area contributed by atoms with E-state index in [1.807, 2.05) is 0 Å².